The van der Waals surface area contributed by atoms with Gasteiger partial charge in [0, 0.05) is 19.5 Å². The zero-order valence-corrected chi connectivity index (χ0v) is 9.54. The minimum Gasteiger partial charge on any atom is -0.362 e. The van der Waals surface area contributed by atoms with Gasteiger partial charge in [-0.05, 0) is 12.1 Å². The molecule has 88 valence electrons. The van der Waals surface area contributed by atoms with E-state index < -0.39 is 11.7 Å². The molecule has 0 spiro atoms. The Morgan fingerprint density at radius 2 is 2.00 bits per heavy atom. The van der Waals surface area contributed by atoms with Crippen LogP contribution < -0.4 is 16.3 Å². The van der Waals surface area contributed by atoms with Crippen LogP contribution in [0.25, 0.3) is 10.9 Å². The maximum Gasteiger partial charge on any atom is 0.358 e. The molecule has 6 nitrogen and oxygen atoms in total. The average molecular weight is 232 g/mol. The molecular formula is C11H12N4O2. The Bertz CT molecular complexity index is 645. The summed E-state index contributed by atoms with van der Waals surface area (Å²) in [5.74, 6) is 0.517. The van der Waals surface area contributed by atoms with Crippen molar-refractivity contribution in [1.82, 2.24) is 9.55 Å². The average Bonchev–Trinajstić information content (AvgIpc) is 2.27. The van der Waals surface area contributed by atoms with Crippen molar-refractivity contribution in [2.45, 2.75) is 0 Å². The highest BCUT2D eigenvalue weighted by atomic mass is 16.2. The fraction of sp³-hybridized carbons (Fsp3) is 0.182. The van der Waals surface area contributed by atoms with Crippen LogP contribution in [-0.2, 0) is 0 Å². The number of primary amides is 1. The van der Waals surface area contributed by atoms with E-state index in [2.05, 4.69) is 4.98 Å². The highest BCUT2D eigenvalue weighted by Gasteiger charge is 2.13. The third kappa shape index (κ3) is 1.73. The number of anilines is 1. The third-order valence-corrected chi connectivity index (χ3v) is 2.42. The van der Waals surface area contributed by atoms with Crippen molar-refractivity contribution >= 4 is 22.8 Å². The molecule has 0 fully saturated rings. The summed E-state index contributed by atoms with van der Waals surface area (Å²) in [6.07, 6.45) is 0. The van der Waals surface area contributed by atoms with Crippen LogP contribution in [0, 0.1) is 0 Å². The molecule has 0 radical (unpaired) electrons. The number of rotatable bonds is 1. The summed E-state index contributed by atoms with van der Waals surface area (Å²) >= 11 is 0. The summed E-state index contributed by atoms with van der Waals surface area (Å²) < 4.78 is 0.863. The van der Waals surface area contributed by atoms with Crippen molar-refractivity contribution in [3.63, 3.8) is 0 Å². The third-order valence-electron chi connectivity index (χ3n) is 2.42. The number of para-hydroxylation sites is 1. The fourth-order valence-corrected chi connectivity index (χ4v) is 1.72. The number of nitrogens with two attached hydrogens (primary N) is 1. The van der Waals surface area contributed by atoms with E-state index in [1.165, 1.54) is 0 Å². The molecule has 0 unspecified atom stereocenters. The maximum absolute atomic E-state index is 11.7. The smallest absolute Gasteiger partial charge is 0.358 e. The topological polar surface area (TPSA) is 81.2 Å². The Morgan fingerprint density at radius 3 is 2.59 bits per heavy atom. The van der Waals surface area contributed by atoms with Gasteiger partial charge in [0.1, 0.15) is 5.82 Å². The van der Waals surface area contributed by atoms with Gasteiger partial charge >= 0.3 is 11.7 Å². The van der Waals surface area contributed by atoms with Crippen molar-refractivity contribution < 1.29 is 4.79 Å². The molecule has 0 aliphatic heterocycles. The number of carbonyl (C=O) groups is 1. The van der Waals surface area contributed by atoms with Crippen LogP contribution in [0.3, 0.4) is 0 Å². The SMILES string of the molecule is CN(C)c1nc(=O)n(C(N)=O)c2ccccc12. The lowest BCUT2D eigenvalue weighted by atomic mass is 10.2. The molecule has 1 aromatic carbocycles. The van der Waals surface area contributed by atoms with Crippen molar-refractivity contribution in [3.8, 4) is 0 Å². The van der Waals surface area contributed by atoms with E-state index in [-0.39, 0.29) is 0 Å². The fourth-order valence-electron chi connectivity index (χ4n) is 1.72. The van der Waals surface area contributed by atoms with Gasteiger partial charge in [0.15, 0.2) is 0 Å². The zero-order valence-electron chi connectivity index (χ0n) is 9.54. The number of amides is 1. The van der Waals surface area contributed by atoms with Gasteiger partial charge in [-0.15, -0.1) is 0 Å². The Hall–Kier alpha value is -2.37. The first kappa shape index (κ1) is 11.1. The molecule has 17 heavy (non-hydrogen) atoms. The predicted molar refractivity (Wildman–Crippen MR) is 65.3 cm³/mol. The van der Waals surface area contributed by atoms with Crippen LogP contribution >= 0.6 is 0 Å². The second kappa shape index (κ2) is 3.89. The van der Waals surface area contributed by atoms with Gasteiger partial charge in [0.25, 0.3) is 0 Å². The molecule has 2 N–H and O–H groups in total. The summed E-state index contributed by atoms with van der Waals surface area (Å²) in [5, 5.41) is 0.705. The summed E-state index contributed by atoms with van der Waals surface area (Å²) in [6, 6.07) is 6.17. The van der Waals surface area contributed by atoms with Crippen LogP contribution in [0.2, 0.25) is 0 Å². The second-order valence-electron chi connectivity index (χ2n) is 3.80. The highest BCUT2D eigenvalue weighted by Crippen LogP contribution is 2.20. The molecule has 6 heteroatoms. The quantitative estimate of drug-likeness (QED) is 0.771. The molecule has 0 atom stereocenters. The summed E-state index contributed by atoms with van der Waals surface area (Å²) in [6.45, 7) is 0. The molecule has 0 saturated heterocycles. The Labute approximate surface area is 97.3 Å². The Kier molecular flexibility index (Phi) is 2.55. The van der Waals surface area contributed by atoms with Gasteiger partial charge < -0.3 is 10.6 Å². The van der Waals surface area contributed by atoms with E-state index >= 15 is 0 Å². The van der Waals surface area contributed by atoms with Crippen LogP contribution in [-0.4, -0.2) is 29.7 Å². The normalized spacial score (nSPS) is 10.5. The van der Waals surface area contributed by atoms with E-state index in [4.69, 9.17) is 5.73 Å². The number of hydrogen-bond donors (Lipinski definition) is 1. The van der Waals surface area contributed by atoms with Crippen LogP contribution in [0.4, 0.5) is 10.6 Å². The van der Waals surface area contributed by atoms with E-state index in [0.717, 1.165) is 4.57 Å². The number of hydrogen-bond acceptors (Lipinski definition) is 4. The molecule has 2 rings (SSSR count). The standard InChI is InChI=1S/C11H12N4O2/c1-14(2)9-7-5-3-4-6-8(7)15(10(12)16)11(17)13-9/h3-6H,1-2H3,(H2,12,16). The van der Waals surface area contributed by atoms with E-state index in [0.29, 0.717) is 16.7 Å². The lowest BCUT2D eigenvalue weighted by Gasteiger charge is -2.15. The number of fused-ring (bicyclic) bond motifs is 1. The van der Waals surface area contributed by atoms with E-state index in [9.17, 15) is 9.59 Å². The molecule has 0 aliphatic rings. The number of aromatic nitrogens is 2. The summed E-state index contributed by atoms with van der Waals surface area (Å²) in [7, 11) is 3.56. The molecule has 0 bridgehead atoms. The van der Waals surface area contributed by atoms with Gasteiger partial charge in [-0.25, -0.2) is 14.2 Å². The Morgan fingerprint density at radius 1 is 1.35 bits per heavy atom. The van der Waals surface area contributed by atoms with Gasteiger partial charge in [-0.2, -0.15) is 4.98 Å². The zero-order chi connectivity index (χ0) is 12.6. The highest BCUT2D eigenvalue weighted by molar-refractivity contribution is 5.95. The van der Waals surface area contributed by atoms with Crippen LogP contribution in [0.15, 0.2) is 29.1 Å². The van der Waals surface area contributed by atoms with Crippen molar-refractivity contribution in [1.29, 1.82) is 0 Å². The molecule has 0 saturated carbocycles. The van der Waals surface area contributed by atoms with Crippen molar-refractivity contribution in [3.05, 3.63) is 34.7 Å². The molecule has 2 aromatic rings. The van der Waals surface area contributed by atoms with Crippen molar-refractivity contribution in [2.24, 2.45) is 5.73 Å². The minimum absolute atomic E-state index is 0.462. The van der Waals surface area contributed by atoms with E-state index in [1.54, 1.807) is 37.2 Å². The van der Waals surface area contributed by atoms with Crippen molar-refractivity contribution in [2.75, 3.05) is 19.0 Å². The number of carbonyl (C=O) groups excluding carboxylic acids is 1. The van der Waals surface area contributed by atoms with Crippen LogP contribution in [0.1, 0.15) is 0 Å². The van der Waals surface area contributed by atoms with Crippen LogP contribution in [0.5, 0.6) is 0 Å². The minimum atomic E-state index is -0.830. The first-order valence-corrected chi connectivity index (χ1v) is 5.01. The first-order valence-electron chi connectivity index (χ1n) is 5.01. The molecule has 0 aliphatic carbocycles. The Balaban J connectivity index is 2.97. The maximum atomic E-state index is 11.7. The molecule has 1 aromatic heterocycles. The lowest BCUT2D eigenvalue weighted by Crippen LogP contribution is -2.34. The monoisotopic (exact) mass is 232 g/mol. The van der Waals surface area contributed by atoms with Gasteiger partial charge in [0.2, 0.25) is 0 Å². The predicted octanol–water partition coefficient (Wildman–Crippen LogP) is 0.389. The van der Waals surface area contributed by atoms with Gasteiger partial charge in [-0.1, -0.05) is 12.1 Å². The number of nitrogens with zero attached hydrogens (tertiary/aromatic N) is 3. The molecule has 1 amide bonds. The van der Waals surface area contributed by atoms with Gasteiger partial charge in [0.05, 0.1) is 5.52 Å². The first-order chi connectivity index (χ1) is 8.02. The van der Waals surface area contributed by atoms with E-state index in [1.807, 2.05) is 6.07 Å². The second-order valence-corrected chi connectivity index (χ2v) is 3.80. The largest absolute Gasteiger partial charge is 0.362 e. The summed E-state index contributed by atoms with van der Waals surface area (Å²) in [5.41, 5.74) is 4.97. The van der Waals surface area contributed by atoms with Gasteiger partial charge in [-0.3, -0.25) is 0 Å². The number of benzene rings is 1. The molecular weight excluding hydrogens is 220 g/mol. The molecule has 1 heterocycles. The summed E-state index contributed by atoms with van der Waals surface area (Å²) in [4.78, 5) is 28.5. The lowest BCUT2D eigenvalue weighted by molar-refractivity contribution is 0.250.